The molecular weight excluding hydrogens is 528 g/mol. The molecule has 1 N–H and O–H groups in total. The van der Waals surface area contributed by atoms with Crippen molar-refractivity contribution < 1.29 is 23.9 Å². The number of likely N-dealkylation sites (tertiary alicyclic amines) is 1. The lowest BCUT2D eigenvalue weighted by Gasteiger charge is -2.37. The van der Waals surface area contributed by atoms with E-state index in [1.54, 1.807) is 0 Å². The second-order valence-electron chi connectivity index (χ2n) is 11.8. The first kappa shape index (κ1) is 30.8. The van der Waals surface area contributed by atoms with Crippen molar-refractivity contribution in [1.29, 1.82) is 0 Å². The number of esters is 1. The summed E-state index contributed by atoms with van der Waals surface area (Å²) in [7, 11) is 1.33. The highest BCUT2D eigenvalue weighted by Crippen LogP contribution is 2.28. The Morgan fingerprint density at radius 1 is 0.857 bits per heavy atom. The van der Waals surface area contributed by atoms with Gasteiger partial charge in [0.2, 0.25) is 11.8 Å². The van der Waals surface area contributed by atoms with Crippen molar-refractivity contribution >= 4 is 17.8 Å². The normalized spacial score (nSPS) is 14.6. The highest BCUT2D eigenvalue weighted by atomic mass is 16.5. The minimum Gasteiger partial charge on any atom is -0.489 e. The van der Waals surface area contributed by atoms with E-state index < -0.39 is 17.4 Å². The van der Waals surface area contributed by atoms with Crippen LogP contribution in [0.15, 0.2) is 84.9 Å². The van der Waals surface area contributed by atoms with Crippen molar-refractivity contribution in [2.45, 2.75) is 58.6 Å². The lowest BCUT2D eigenvalue weighted by Crippen LogP contribution is -2.47. The SMILES string of the molecule is COC(=O)[C@H](Cc1ccc(OCc2ccccc2)cc1)NC(=O)CC1CCN(C(=O)C(C)(C)Cc2ccccc2)CC1. The first-order chi connectivity index (χ1) is 20.2. The average Bonchev–Trinajstić information content (AvgIpc) is 3.00. The van der Waals surface area contributed by atoms with E-state index in [9.17, 15) is 14.4 Å². The summed E-state index contributed by atoms with van der Waals surface area (Å²) < 4.78 is 10.8. The Balaban J connectivity index is 1.24. The molecule has 1 atom stereocenters. The molecule has 0 aliphatic carbocycles. The van der Waals surface area contributed by atoms with Crippen LogP contribution in [0, 0.1) is 11.3 Å². The molecule has 0 bridgehead atoms. The van der Waals surface area contributed by atoms with E-state index in [1.807, 2.05) is 91.5 Å². The number of nitrogens with one attached hydrogen (secondary N) is 1. The van der Waals surface area contributed by atoms with E-state index >= 15 is 0 Å². The number of hydrogen-bond acceptors (Lipinski definition) is 5. The Bertz CT molecular complexity index is 1300. The second-order valence-corrected chi connectivity index (χ2v) is 11.8. The van der Waals surface area contributed by atoms with Crippen LogP contribution >= 0.6 is 0 Å². The van der Waals surface area contributed by atoms with Crippen LogP contribution in [0.3, 0.4) is 0 Å². The molecule has 1 fully saturated rings. The number of amides is 2. The van der Waals surface area contributed by atoms with E-state index in [0.29, 0.717) is 39.0 Å². The quantitative estimate of drug-likeness (QED) is 0.296. The second kappa shape index (κ2) is 14.7. The molecule has 7 nitrogen and oxygen atoms in total. The third kappa shape index (κ3) is 8.93. The van der Waals surface area contributed by atoms with Crippen LogP contribution in [0.25, 0.3) is 0 Å². The van der Waals surface area contributed by atoms with Crippen molar-refractivity contribution in [2.24, 2.45) is 11.3 Å². The summed E-state index contributed by atoms with van der Waals surface area (Å²) in [6.45, 7) is 5.74. The van der Waals surface area contributed by atoms with Gasteiger partial charge in [-0.1, -0.05) is 86.6 Å². The lowest BCUT2D eigenvalue weighted by molar-refractivity contribution is -0.145. The fourth-order valence-electron chi connectivity index (χ4n) is 5.50. The molecule has 42 heavy (non-hydrogen) atoms. The molecule has 7 heteroatoms. The maximum absolute atomic E-state index is 13.3. The minimum absolute atomic E-state index is 0.150. The van der Waals surface area contributed by atoms with Crippen LogP contribution in [0.5, 0.6) is 5.75 Å². The molecule has 0 saturated carbocycles. The van der Waals surface area contributed by atoms with Gasteiger partial charge in [0.1, 0.15) is 18.4 Å². The highest BCUT2D eigenvalue weighted by molar-refractivity contribution is 5.85. The van der Waals surface area contributed by atoms with Crippen LogP contribution in [-0.2, 0) is 38.6 Å². The topological polar surface area (TPSA) is 84.9 Å². The number of carbonyl (C=O) groups is 3. The Hall–Kier alpha value is -4.13. The van der Waals surface area contributed by atoms with Crippen LogP contribution in [-0.4, -0.2) is 48.9 Å². The van der Waals surface area contributed by atoms with E-state index in [1.165, 1.54) is 7.11 Å². The van der Waals surface area contributed by atoms with Gasteiger partial charge in [-0.25, -0.2) is 4.79 Å². The van der Waals surface area contributed by atoms with Gasteiger partial charge in [0, 0.05) is 31.3 Å². The summed E-state index contributed by atoms with van der Waals surface area (Å²) in [5, 5.41) is 2.89. The first-order valence-corrected chi connectivity index (χ1v) is 14.7. The number of hydrogen-bond donors (Lipinski definition) is 1. The summed E-state index contributed by atoms with van der Waals surface area (Å²) in [5.41, 5.74) is 2.63. The Morgan fingerprint density at radius 3 is 2.05 bits per heavy atom. The van der Waals surface area contributed by atoms with Crippen molar-refractivity contribution in [2.75, 3.05) is 20.2 Å². The smallest absolute Gasteiger partial charge is 0.328 e. The van der Waals surface area contributed by atoms with Crippen LogP contribution < -0.4 is 10.1 Å². The zero-order valence-electron chi connectivity index (χ0n) is 24.9. The average molecular weight is 571 g/mol. The van der Waals surface area contributed by atoms with Crippen LogP contribution in [0.1, 0.15) is 49.8 Å². The van der Waals surface area contributed by atoms with Crippen molar-refractivity contribution in [3.8, 4) is 5.75 Å². The third-order valence-corrected chi connectivity index (χ3v) is 7.88. The first-order valence-electron chi connectivity index (χ1n) is 14.7. The Morgan fingerprint density at radius 2 is 1.45 bits per heavy atom. The van der Waals surface area contributed by atoms with Gasteiger partial charge in [-0.05, 0) is 54.0 Å². The highest BCUT2D eigenvalue weighted by Gasteiger charge is 2.34. The van der Waals surface area contributed by atoms with Gasteiger partial charge >= 0.3 is 5.97 Å². The van der Waals surface area contributed by atoms with Crippen LogP contribution in [0.2, 0.25) is 0 Å². The van der Waals surface area contributed by atoms with Crippen molar-refractivity contribution in [1.82, 2.24) is 10.2 Å². The minimum atomic E-state index is -0.779. The van der Waals surface area contributed by atoms with Gasteiger partial charge in [-0.2, -0.15) is 0 Å². The predicted octanol–water partition coefficient (Wildman–Crippen LogP) is 5.36. The number of rotatable bonds is 12. The Labute approximate surface area is 249 Å². The van der Waals surface area contributed by atoms with Crippen molar-refractivity contribution in [3.05, 3.63) is 102 Å². The summed E-state index contributed by atoms with van der Waals surface area (Å²) in [6.07, 6.45) is 2.84. The maximum atomic E-state index is 13.3. The standard InChI is InChI=1S/C35H42N2O5/c1-35(2,24-28-10-6-4-7-11-28)34(40)37-20-18-27(19-21-37)23-32(38)36-31(33(39)41-3)22-26-14-16-30(17-15-26)42-25-29-12-8-5-9-13-29/h4-17,27,31H,18-25H2,1-3H3,(H,36,38)/t31-/m0/s1. The van der Waals surface area contributed by atoms with Gasteiger partial charge in [0.05, 0.1) is 7.11 Å². The lowest BCUT2D eigenvalue weighted by atomic mass is 9.83. The number of benzene rings is 3. The van der Waals surface area contributed by atoms with E-state index in [-0.39, 0.29) is 17.7 Å². The summed E-state index contributed by atoms with van der Waals surface area (Å²) in [4.78, 5) is 40.7. The van der Waals surface area contributed by atoms with Crippen LogP contribution in [0.4, 0.5) is 0 Å². The third-order valence-electron chi connectivity index (χ3n) is 7.88. The largest absolute Gasteiger partial charge is 0.489 e. The number of piperidine rings is 1. The molecule has 3 aromatic carbocycles. The molecule has 3 aromatic rings. The fourth-order valence-corrected chi connectivity index (χ4v) is 5.50. The molecule has 2 amide bonds. The van der Waals surface area contributed by atoms with E-state index in [0.717, 1.165) is 35.3 Å². The van der Waals surface area contributed by atoms with Gasteiger partial charge in [0.15, 0.2) is 0 Å². The predicted molar refractivity (Wildman–Crippen MR) is 163 cm³/mol. The number of ether oxygens (including phenoxy) is 2. The monoisotopic (exact) mass is 570 g/mol. The van der Waals surface area contributed by atoms with E-state index in [2.05, 4.69) is 17.4 Å². The molecule has 1 aliphatic heterocycles. The molecular formula is C35H42N2O5. The molecule has 4 rings (SSSR count). The number of carbonyl (C=O) groups excluding carboxylic acids is 3. The zero-order valence-corrected chi connectivity index (χ0v) is 24.9. The molecule has 1 aliphatic rings. The number of methoxy groups -OCH3 is 1. The van der Waals surface area contributed by atoms with Gasteiger partial charge in [-0.15, -0.1) is 0 Å². The van der Waals surface area contributed by atoms with Gasteiger partial charge < -0.3 is 19.7 Å². The van der Waals surface area contributed by atoms with Gasteiger partial charge in [-0.3, -0.25) is 9.59 Å². The molecule has 1 saturated heterocycles. The Kier molecular flexibility index (Phi) is 10.8. The molecule has 222 valence electrons. The van der Waals surface area contributed by atoms with Crippen molar-refractivity contribution in [3.63, 3.8) is 0 Å². The molecule has 0 spiro atoms. The van der Waals surface area contributed by atoms with E-state index in [4.69, 9.17) is 9.47 Å². The summed E-state index contributed by atoms with van der Waals surface area (Å²) in [5.74, 6) is 0.382. The molecule has 0 radical (unpaired) electrons. The molecule has 1 heterocycles. The fraction of sp³-hybridized carbons (Fsp3) is 0.400. The summed E-state index contributed by atoms with van der Waals surface area (Å²) in [6, 6.07) is 26.8. The number of nitrogens with zero attached hydrogens (tertiary/aromatic N) is 1. The molecule has 0 unspecified atom stereocenters. The maximum Gasteiger partial charge on any atom is 0.328 e. The molecule has 0 aromatic heterocycles. The van der Waals surface area contributed by atoms with Gasteiger partial charge in [0.25, 0.3) is 0 Å². The summed E-state index contributed by atoms with van der Waals surface area (Å²) >= 11 is 0. The zero-order chi connectivity index (χ0) is 30.0.